The zero-order chi connectivity index (χ0) is 14.7. The Kier molecular flexibility index (Phi) is 6.87. The summed E-state index contributed by atoms with van der Waals surface area (Å²) in [5.74, 6) is 0.838. The molecule has 0 aromatic heterocycles. The van der Waals surface area contributed by atoms with Crippen molar-refractivity contribution in [3.8, 4) is 0 Å². The summed E-state index contributed by atoms with van der Waals surface area (Å²) in [6.07, 6.45) is 9.95. The molecule has 0 aliphatic carbocycles. The molecule has 3 aliphatic heterocycles. The van der Waals surface area contributed by atoms with Gasteiger partial charge in [-0.15, -0.1) is 12.4 Å². The number of nitrogens with one attached hydrogen (secondary N) is 2. The lowest BCUT2D eigenvalue weighted by molar-refractivity contribution is -0.122. The van der Waals surface area contributed by atoms with Crippen LogP contribution in [0.2, 0.25) is 0 Å². The molecule has 2 unspecified atom stereocenters. The van der Waals surface area contributed by atoms with Gasteiger partial charge in [0.1, 0.15) is 0 Å². The minimum absolute atomic E-state index is 0. The van der Waals surface area contributed by atoms with E-state index >= 15 is 0 Å². The van der Waals surface area contributed by atoms with Crippen molar-refractivity contribution in [2.45, 2.75) is 61.8 Å². The lowest BCUT2D eigenvalue weighted by atomic mass is 9.89. The van der Waals surface area contributed by atoms with Gasteiger partial charge in [0.2, 0.25) is 5.91 Å². The molecule has 3 fully saturated rings. The number of carbonyl (C=O) groups excluding carboxylic acids is 1. The first-order chi connectivity index (χ1) is 10.2. The minimum Gasteiger partial charge on any atom is -0.381 e. The van der Waals surface area contributed by atoms with Crippen molar-refractivity contribution >= 4 is 30.1 Å². The van der Waals surface area contributed by atoms with Crippen LogP contribution in [0.5, 0.6) is 0 Å². The van der Waals surface area contributed by atoms with Crippen LogP contribution < -0.4 is 10.6 Å². The predicted molar refractivity (Wildman–Crippen MR) is 93.8 cm³/mol. The van der Waals surface area contributed by atoms with Gasteiger partial charge in [0.25, 0.3) is 0 Å². The maximum atomic E-state index is 12.3. The molecule has 0 aromatic rings. The van der Waals surface area contributed by atoms with Gasteiger partial charge in [-0.05, 0) is 50.7 Å². The highest BCUT2D eigenvalue weighted by Gasteiger charge is 2.35. The Balaban J connectivity index is 0.00000176. The third-order valence-electron chi connectivity index (χ3n) is 5.49. The number of ether oxygens (including phenoxy) is 1. The van der Waals surface area contributed by atoms with Crippen molar-refractivity contribution in [1.29, 1.82) is 0 Å². The highest BCUT2D eigenvalue weighted by Crippen LogP contribution is 2.34. The average Bonchev–Trinajstić information content (AvgIpc) is 2.85. The molecule has 2 bridgehead atoms. The van der Waals surface area contributed by atoms with Crippen molar-refractivity contribution in [3.05, 3.63) is 0 Å². The van der Waals surface area contributed by atoms with Gasteiger partial charge in [0.05, 0.1) is 0 Å². The summed E-state index contributed by atoms with van der Waals surface area (Å²) < 4.78 is 5.65. The van der Waals surface area contributed by atoms with Gasteiger partial charge in [0.15, 0.2) is 0 Å². The average molecular weight is 349 g/mol. The molecule has 2 atom stereocenters. The fourth-order valence-corrected chi connectivity index (χ4v) is 4.92. The van der Waals surface area contributed by atoms with Crippen LogP contribution >= 0.6 is 24.2 Å². The Morgan fingerprint density at radius 3 is 2.50 bits per heavy atom. The van der Waals surface area contributed by atoms with Gasteiger partial charge in [-0.25, -0.2) is 0 Å². The zero-order valence-corrected chi connectivity index (χ0v) is 15.1. The summed E-state index contributed by atoms with van der Waals surface area (Å²) in [6, 6.07) is 1.35. The molecule has 3 rings (SSSR count). The Morgan fingerprint density at radius 2 is 1.91 bits per heavy atom. The molecular weight excluding hydrogens is 320 g/mol. The van der Waals surface area contributed by atoms with Crippen LogP contribution in [-0.4, -0.2) is 48.8 Å². The van der Waals surface area contributed by atoms with E-state index in [0.717, 1.165) is 39.0 Å². The molecule has 22 heavy (non-hydrogen) atoms. The number of hydrogen-bond acceptors (Lipinski definition) is 4. The largest absolute Gasteiger partial charge is 0.381 e. The number of piperidine rings is 1. The Hall–Kier alpha value is 0.0300. The molecular formula is C16H29ClN2O2S. The number of rotatable bonds is 5. The molecule has 128 valence electrons. The second-order valence-corrected chi connectivity index (χ2v) is 8.23. The standard InChI is InChI=1S/C16H28N2O2S.ClH/c1-21-16(4-6-20-7-5-16)11-17-15(19)10-12-8-13-2-3-14(9-12)18-13;/h12-14,18H,2-11H2,1H3,(H,17,19);1H. The number of fused-ring (bicyclic) bond motifs is 2. The normalized spacial score (nSPS) is 33.0. The van der Waals surface area contributed by atoms with Gasteiger partial charge in [-0.2, -0.15) is 11.8 Å². The van der Waals surface area contributed by atoms with E-state index in [9.17, 15) is 4.79 Å². The highest BCUT2D eigenvalue weighted by molar-refractivity contribution is 8.00. The van der Waals surface area contributed by atoms with Crippen LogP contribution in [0.15, 0.2) is 0 Å². The van der Waals surface area contributed by atoms with Gasteiger partial charge < -0.3 is 15.4 Å². The second-order valence-electron chi connectivity index (χ2n) is 6.96. The monoisotopic (exact) mass is 348 g/mol. The summed E-state index contributed by atoms with van der Waals surface area (Å²) in [5, 5.41) is 6.85. The van der Waals surface area contributed by atoms with Crippen LogP contribution in [0.3, 0.4) is 0 Å². The molecule has 0 aromatic carbocycles. The number of halogens is 1. The summed E-state index contributed by atoms with van der Waals surface area (Å²) in [4.78, 5) is 12.3. The third kappa shape index (κ3) is 4.53. The van der Waals surface area contributed by atoms with E-state index in [0.29, 0.717) is 18.0 Å². The van der Waals surface area contributed by atoms with Gasteiger partial charge in [-0.1, -0.05) is 0 Å². The Bertz CT molecular complexity index is 365. The Labute approximate surface area is 144 Å². The van der Waals surface area contributed by atoms with Crippen molar-refractivity contribution in [2.75, 3.05) is 26.0 Å². The van der Waals surface area contributed by atoms with Crippen LogP contribution in [0.4, 0.5) is 0 Å². The molecule has 3 heterocycles. The SMILES string of the molecule is CSC1(CNC(=O)CC2CC3CCC(C2)N3)CCOCC1.Cl. The van der Waals surface area contributed by atoms with E-state index in [2.05, 4.69) is 16.9 Å². The summed E-state index contributed by atoms with van der Waals surface area (Å²) in [6.45, 7) is 2.46. The molecule has 1 amide bonds. The number of amides is 1. The minimum atomic E-state index is 0. The maximum Gasteiger partial charge on any atom is 0.220 e. The summed E-state index contributed by atoms with van der Waals surface area (Å²) in [7, 11) is 0. The van der Waals surface area contributed by atoms with Crippen LogP contribution in [0, 0.1) is 5.92 Å². The summed E-state index contributed by atoms with van der Waals surface area (Å²) in [5.41, 5.74) is 0. The maximum absolute atomic E-state index is 12.3. The van der Waals surface area contributed by atoms with E-state index in [1.165, 1.54) is 25.7 Å². The third-order valence-corrected chi connectivity index (χ3v) is 6.91. The molecule has 2 N–H and O–H groups in total. The highest BCUT2D eigenvalue weighted by atomic mass is 35.5. The van der Waals surface area contributed by atoms with Gasteiger partial charge >= 0.3 is 0 Å². The molecule has 6 heteroatoms. The second kappa shape index (κ2) is 8.22. The van der Waals surface area contributed by atoms with Gasteiger partial charge in [-0.3, -0.25) is 4.79 Å². The molecule has 0 spiro atoms. The number of hydrogen-bond donors (Lipinski definition) is 2. The van der Waals surface area contributed by atoms with Crippen molar-refractivity contribution in [3.63, 3.8) is 0 Å². The van der Waals surface area contributed by atoms with Crippen molar-refractivity contribution < 1.29 is 9.53 Å². The predicted octanol–water partition coefficient (Wildman–Crippen LogP) is 2.36. The van der Waals surface area contributed by atoms with Crippen LogP contribution in [-0.2, 0) is 9.53 Å². The lowest BCUT2D eigenvalue weighted by Crippen LogP contribution is -2.45. The molecule has 0 radical (unpaired) electrons. The molecule has 3 aliphatic rings. The van der Waals surface area contributed by atoms with Crippen molar-refractivity contribution in [1.82, 2.24) is 10.6 Å². The summed E-state index contributed by atoms with van der Waals surface area (Å²) >= 11 is 1.89. The fourth-order valence-electron chi connectivity index (χ4n) is 4.13. The zero-order valence-electron chi connectivity index (χ0n) is 13.4. The first-order valence-electron chi connectivity index (χ1n) is 8.35. The fraction of sp³-hybridized carbons (Fsp3) is 0.938. The van der Waals surface area contributed by atoms with Gasteiger partial charge in [0, 0.05) is 43.0 Å². The number of carbonyl (C=O) groups is 1. The topological polar surface area (TPSA) is 50.4 Å². The van der Waals surface area contributed by atoms with E-state index in [4.69, 9.17) is 4.74 Å². The Morgan fingerprint density at radius 1 is 1.27 bits per heavy atom. The smallest absolute Gasteiger partial charge is 0.220 e. The molecule has 3 saturated heterocycles. The number of thioether (sulfide) groups is 1. The lowest BCUT2D eigenvalue weighted by Gasteiger charge is -2.36. The van der Waals surface area contributed by atoms with Crippen LogP contribution in [0.1, 0.15) is 44.9 Å². The molecule has 4 nitrogen and oxygen atoms in total. The van der Waals surface area contributed by atoms with E-state index in [-0.39, 0.29) is 23.1 Å². The quantitative estimate of drug-likeness (QED) is 0.800. The van der Waals surface area contributed by atoms with Crippen LogP contribution in [0.25, 0.3) is 0 Å². The van der Waals surface area contributed by atoms with Crippen molar-refractivity contribution in [2.24, 2.45) is 5.92 Å². The van der Waals surface area contributed by atoms with E-state index < -0.39 is 0 Å². The molecule has 0 saturated carbocycles. The van der Waals surface area contributed by atoms with E-state index in [1.807, 2.05) is 11.8 Å². The van der Waals surface area contributed by atoms with E-state index in [1.54, 1.807) is 0 Å². The first kappa shape index (κ1) is 18.4. The first-order valence-corrected chi connectivity index (χ1v) is 9.57.